The van der Waals surface area contributed by atoms with Gasteiger partial charge in [0.2, 0.25) is 0 Å². The largest absolute Gasteiger partial charge is 0.494 e. The number of hydrogen-bond acceptors (Lipinski definition) is 4. The lowest BCUT2D eigenvalue weighted by molar-refractivity contribution is 0.0643. The third-order valence-corrected chi connectivity index (χ3v) is 3.78. The number of nitrogens with zero attached hydrogens (tertiary/aromatic N) is 1. The zero-order chi connectivity index (χ0) is 15.9. The first kappa shape index (κ1) is 15.7. The highest BCUT2D eigenvalue weighted by atomic mass is 16.6. The van der Waals surface area contributed by atoms with Gasteiger partial charge in [-0.2, -0.15) is 0 Å². The van der Waals surface area contributed by atoms with Gasteiger partial charge in [0.1, 0.15) is 18.5 Å². The number of para-hydroxylation sites is 3. The van der Waals surface area contributed by atoms with E-state index in [4.69, 9.17) is 14.2 Å². The summed E-state index contributed by atoms with van der Waals surface area (Å²) in [7, 11) is 2.10. The number of benzene rings is 2. The third-order valence-electron chi connectivity index (χ3n) is 3.78. The van der Waals surface area contributed by atoms with E-state index in [9.17, 15) is 0 Å². The smallest absolute Gasteiger partial charge is 0.161 e. The molecule has 0 spiro atoms. The van der Waals surface area contributed by atoms with Crippen LogP contribution in [0, 0.1) is 0 Å². The van der Waals surface area contributed by atoms with Gasteiger partial charge in [-0.15, -0.1) is 0 Å². The van der Waals surface area contributed by atoms with Crippen molar-refractivity contribution in [2.45, 2.75) is 12.5 Å². The third kappa shape index (κ3) is 4.63. The maximum absolute atomic E-state index is 5.98. The summed E-state index contributed by atoms with van der Waals surface area (Å²) in [6.45, 7) is 3.13. The highest BCUT2D eigenvalue weighted by Crippen LogP contribution is 2.30. The minimum Gasteiger partial charge on any atom is -0.494 e. The Kier molecular flexibility index (Phi) is 5.37. The van der Waals surface area contributed by atoms with Crippen LogP contribution in [-0.4, -0.2) is 44.4 Å². The summed E-state index contributed by atoms with van der Waals surface area (Å²) < 4.78 is 17.4. The maximum Gasteiger partial charge on any atom is 0.161 e. The van der Waals surface area contributed by atoms with Crippen LogP contribution in [0.2, 0.25) is 0 Å². The van der Waals surface area contributed by atoms with Crippen molar-refractivity contribution in [2.75, 3.05) is 33.4 Å². The molecule has 0 fully saturated rings. The number of ether oxygens (including phenoxy) is 3. The lowest BCUT2D eigenvalue weighted by Gasteiger charge is -2.29. The van der Waals surface area contributed by atoms with Crippen LogP contribution in [0.4, 0.5) is 0 Å². The van der Waals surface area contributed by atoms with Gasteiger partial charge in [-0.3, -0.25) is 0 Å². The van der Waals surface area contributed by atoms with Gasteiger partial charge >= 0.3 is 0 Å². The zero-order valence-electron chi connectivity index (χ0n) is 13.5. The first-order valence-electron chi connectivity index (χ1n) is 8.06. The Labute approximate surface area is 137 Å². The topological polar surface area (TPSA) is 30.9 Å². The summed E-state index contributed by atoms with van der Waals surface area (Å²) in [5.74, 6) is 2.60. The van der Waals surface area contributed by atoms with Crippen molar-refractivity contribution in [1.82, 2.24) is 4.90 Å². The molecule has 122 valence electrons. The number of fused-ring (bicyclic) bond motifs is 1. The van der Waals surface area contributed by atoms with Gasteiger partial charge in [-0.25, -0.2) is 0 Å². The predicted molar refractivity (Wildman–Crippen MR) is 90.4 cm³/mol. The Bertz CT molecular complexity index is 603. The van der Waals surface area contributed by atoms with E-state index >= 15 is 0 Å². The summed E-state index contributed by atoms with van der Waals surface area (Å²) >= 11 is 0. The molecule has 1 unspecified atom stereocenters. The van der Waals surface area contributed by atoms with Crippen LogP contribution in [0.25, 0.3) is 0 Å². The second kappa shape index (κ2) is 7.88. The molecule has 2 aromatic carbocycles. The van der Waals surface area contributed by atoms with Crippen LogP contribution in [0.5, 0.6) is 17.2 Å². The van der Waals surface area contributed by atoms with Crippen molar-refractivity contribution in [3.63, 3.8) is 0 Å². The minimum absolute atomic E-state index is 0.0740. The second-order valence-electron chi connectivity index (χ2n) is 5.77. The van der Waals surface area contributed by atoms with Crippen LogP contribution in [0.3, 0.4) is 0 Å². The standard InChI is InChI=1S/C19H23NO3/c1-20(12-7-13-21-16-8-3-2-4-9-16)14-17-15-22-18-10-5-6-11-19(18)23-17/h2-6,8-11,17H,7,12-15H2,1H3. The molecule has 4 heteroatoms. The molecule has 0 bridgehead atoms. The Hall–Kier alpha value is -2.20. The van der Waals surface area contributed by atoms with E-state index in [0.717, 1.165) is 43.4 Å². The summed E-state index contributed by atoms with van der Waals surface area (Å²) in [5.41, 5.74) is 0. The minimum atomic E-state index is 0.0740. The second-order valence-corrected chi connectivity index (χ2v) is 5.77. The molecule has 4 nitrogen and oxygen atoms in total. The van der Waals surface area contributed by atoms with Crippen LogP contribution < -0.4 is 14.2 Å². The van der Waals surface area contributed by atoms with Gasteiger partial charge in [-0.1, -0.05) is 30.3 Å². The molecule has 0 radical (unpaired) electrons. The van der Waals surface area contributed by atoms with Crippen molar-refractivity contribution >= 4 is 0 Å². The van der Waals surface area contributed by atoms with E-state index in [1.807, 2.05) is 54.6 Å². The van der Waals surface area contributed by atoms with Gasteiger partial charge in [0.05, 0.1) is 6.61 Å². The molecule has 0 saturated carbocycles. The normalized spacial score (nSPS) is 16.3. The van der Waals surface area contributed by atoms with Gasteiger partial charge in [0.15, 0.2) is 11.5 Å². The molecule has 0 saturated heterocycles. The van der Waals surface area contributed by atoms with Crippen molar-refractivity contribution in [3.05, 3.63) is 54.6 Å². The molecule has 0 aromatic heterocycles. The molecule has 1 aliphatic heterocycles. The monoisotopic (exact) mass is 313 g/mol. The average Bonchev–Trinajstić information content (AvgIpc) is 2.59. The molecule has 1 atom stereocenters. The Morgan fingerprint density at radius 1 is 1.04 bits per heavy atom. The van der Waals surface area contributed by atoms with Crippen LogP contribution >= 0.6 is 0 Å². The molecule has 1 aliphatic rings. The van der Waals surface area contributed by atoms with Gasteiger partial charge in [-0.05, 0) is 37.7 Å². The van der Waals surface area contributed by atoms with Crippen molar-refractivity contribution in [2.24, 2.45) is 0 Å². The Balaban J connectivity index is 1.36. The maximum atomic E-state index is 5.98. The van der Waals surface area contributed by atoms with Gasteiger partial charge < -0.3 is 19.1 Å². The van der Waals surface area contributed by atoms with E-state index in [0.29, 0.717) is 6.61 Å². The summed E-state index contributed by atoms with van der Waals surface area (Å²) in [6, 6.07) is 17.7. The molecule has 1 heterocycles. The molecule has 23 heavy (non-hydrogen) atoms. The van der Waals surface area contributed by atoms with E-state index in [2.05, 4.69) is 11.9 Å². The summed E-state index contributed by atoms with van der Waals surface area (Å²) in [5, 5.41) is 0. The van der Waals surface area contributed by atoms with Crippen molar-refractivity contribution in [1.29, 1.82) is 0 Å². The zero-order valence-corrected chi connectivity index (χ0v) is 13.5. The highest BCUT2D eigenvalue weighted by Gasteiger charge is 2.21. The molecule has 0 N–H and O–H groups in total. The Morgan fingerprint density at radius 3 is 2.61 bits per heavy atom. The van der Waals surface area contributed by atoms with Crippen LogP contribution in [0.1, 0.15) is 6.42 Å². The molecule has 3 rings (SSSR count). The van der Waals surface area contributed by atoms with Crippen molar-refractivity contribution < 1.29 is 14.2 Å². The van der Waals surface area contributed by atoms with Crippen LogP contribution in [0.15, 0.2) is 54.6 Å². The van der Waals surface area contributed by atoms with Crippen LogP contribution in [-0.2, 0) is 0 Å². The fraction of sp³-hybridized carbons (Fsp3) is 0.368. The molecule has 0 amide bonds. The van der Waals surface area contributed by atoms with E-state index in [-0.39, 0.29) is 6.10 Å². The van der Waals surface area contributed by atoms with Gasteiger partial charge in [0, 0.05) is 13.1 Å². The first-order valence-corrected chi connectivity index (χ1v) is 8.06. The summed E-state index contributed by atoms with van der Waals surface area (Å²) in [4.78, 5) is 2.26. The quantitative estimate of drug-likeness (QED) is 0.734. The van der Waals surface area contributed by atoms with Gasteiger partial charge in [0.25, 0.3) is 0 Å². The van der Waals surface area contributed by atoms with E-state index < -0.39 is 0 Å². The fourth-order valence-electron chi connectivity index (χ4n) is 2.63. The number of hydrogen-bond donors (Lipinski definition) is 0. The summed E-state index contributed by atoms with van der Waals surface area (Å²) in [6.07, 6.45) is 1.06. The fourth-order valence-corrected chi connectivity index (χ4v) is 2.63. The molecular formula is C19H23NO3. The Morgan fingerprint density at radius 2 is 1.78 bits per heavy atom. The average molecular weight is 313 g/mol. The predicted octanol–water partition coefficient (Wildman–Crippen LogP) is 3.23. The first-order chi connectivity index (χ1) is 11.3. The van der Waals surface area contributed by atoms with E-state index in [1.54, 1.807) is 0 Å². The van der Waals surface area contributed by atoms with Crippen molar-refractivity contribution in [3.8, 4) is 17.2 Å². The molecular weight excluding hydrogens is 290 g/mol. The molecule has 2 aromatic rings. The highest BCUT2D eigenvalue weighted by molar-refractivity contribution is 5.40. The van der Waals surface area contributed by atoms with E-state index in [1.165, 1.54) is 0 Å². The lowest BCUT2D eigenvalue weighted by Crippen LogP contribution is -2.39. The molecule has 0 aliphatic carbocycles. The number of likely N-dealkylation sites (N-methyl/N-ethyl adjacent to an activating group) is 1. The lowest BCUT2D eigenvalue weighted by atomic mass is 10.2. The number of rotatable bonds is 7. The SMILES string of the molecule is CN(CCCOc1ccccc1)CC1COc2ccccc2O1.